The van der Waals surface area contributed by atoms with Crippen molar-refractivity contribution in [3.8, 4) is 0 Å². The molecule has 0 spiro atoms. The number of aliphatic hydroxyl groups excluding tert-OH is 1. The van der Waals surface area contributed by atoms with E-state index in [-0.39, 0.29) is 11.8 Å². The summed E-state index contributed by atoms with van der Waals surface area (Å²) in [5, 5.41) is 20.5. The monoisotopic (exact) mass is 359 g/mol. The van der Waals surface area contributed by atoms with Crippen LogP contribution in [0, 0.1) is 0 Å². The molecule has 0 aromatic heterocycles. The van der Waals surface area contributed by atoms with Gasteiger partial charge in [0.1, 0.15) is 11.2 Å². The molecule has 1 aliphatic rings. The summed E-state index contributed by atoms with van der Waals surface area (Å²) >= 11 is 7.28. The fraction of sp³-hybridized carbons (Fsp3) is 0.562. The lowest BCUT2D eigenvalue weighted by atomic mass is 10.1. The number of carbonyl (C=O) groups is 1. The fourth-order valence-corrected chi connectivity index (χ4v) is 3.68. The lowest BCUT2D eigenvalue weighted by molar-refractivity contribution is -0.00976. The number of β-amino-alcohol motifs (C(OH)–C–C–N with tert-alkyl or cyclic N) is 1. The molecule has 0 bridgehead atoms. The molecule has 1 aliphatic heterocycles. The van der Waals surface area contributed by atoms with Gasteiger partial charge in [-0.25, -0.2) is 4.79 Å². The van der Waals surface area contributed by atoms with Crippen LogP contribution in [0.4, 0.5) is 4.79 Å². The Labute approximate surface area is 145 Å². The standard InChI is InChI=1S/C16H22ClNO4S/c1-15(2,3)22-14(20)18-8-13(16(21,9-18)10-19)23-12-6-4-11(17)5-7-12/h4-7,13,19,21H,8-10H2,1-3H3/t13-,16+/m0/s1. The number of amides is 1. The van der Waals surface area contributed by atoms with Gasteiger partial charge in [0.05, 0.1) is 18.4 Å². The van der Waals surface area contributed by atoms with Crippen LogP contribution in [-0.2, 0) is 4.74 Å². The number of ether oxygens (including phenoxy) is 1. The van der Waals surface area contributed by atoms with Crippen LogP contribution in [0.5, 0.6) is 0 Å². The van der Waals surface area contributed by atoms with Gasteiger partial charge in [0.2, 0.25) is 0 Å². The van der Waals surface area contributed by atoms with E-state index in [0.29, 0.717) is 11.6 Å². The maximum Gasteiger partial charge on any atom is 0.410 e. The van der Waals surface area contributed by atoms with Crippen LogP contribution in [0.15, 0.2) is 29.2 Å². The van der Waals surface area contributed by atoms with E-state index in [4.69, 9.17) is 16.3 Å². The predicted molar refractivity (Wildman–Crippen MR) is 90.9 cm³/mol. The van der Waals surface area contributed by atoms with Crippen molar-refractivity contribution in [2.45, 2.75) is 42.1 Å². The Kier molecular flexibility index (Phi) is 5.51. The van der Waals surface area contributed by atoms with Gasteiger partial charge in [-0.15, -0.1) is 11.8 Å². The molecule has 1 fully saturated rings. The second kappa shape index (κ2) is 6.89. The van der Waals surface area contributed by atoms with Gasteiger partial charge >= 0.3 is 6.09 Å². The molecule has 0 unspecified atom stereocenters. The lowest BCUT2D eigenvalue weighted by Gasteiger charge is -2.26. The summed E-state index contributed by atoms with van der Waals surface area (Å²) in [5.41, 5.74) is -1.96. The van der Waals surface area contributed by atoms with E-state index in [1.807, 2.05) is 12.1 Å². The number of benzene rings is 1. The molecule has 0 aliphatic carbocycles. The van der Waals surface area contributed by atoms with Crippen LogP contribution >= 0.6 is 23.4 Å². The maximum atomic E-state index is 12.2. The van der Waals surface area contributed by atoms with E-state index >= 15 is 0 Å². The van der Waals surface area contributed by atoms with Gasteiger partial charge in [0.15, 0.2) is 0 Å². The van der Waals surface area contributed by atoms with Gasteiger partial charge in [0.25, 0.3) is 0 Å². The number of rotatable bonds is 3. The minimum atomic E-state index is -1.36. The highest BCUT2D eigenvalue weighted by Crippen LogP contribution is 2.37. The number of likely N-dealkylation sites (tertiary alicyclic amines) is 1. The molecule has 128 valence electrons. The molecule has 2 atom stereocenters. The molecule has 0 saturated carbocycles. The molecule has 7 heteroatoms. The van der Waals surface area contributed by atoms with Crippen LogP contribution in [0.25, 0.3) is 0 Å². The first-order valence-corrected chi connectivity index (χ1v) is 8.62. The van der Waals surface area contributed by atoms with Crippen molar-refractivity contribution < 1.29 is 19.7 Å². The normalized spacial score (nSPS) is 24.8. The molecular weight excluding hydrogens is 338 g/mol. The van der Waals surface area contributed by atoms with Gasteiger partial charge in [-0.2, -0.15) is 0 Å². The molecule has 1 saturated heterocycles. The Morgan fingerprint density at radius 2 is 2.04 bits per heavy atom. The summed E-state index contributed by atoms with van der Waals surface area (Å²) < 4.78 is 5.34. The quantitative estimate of drug-likeness (QED) is 0.868. The molecule has 5 nitrogen and oxygen atoms in total. The molecule has 2 N–H and O–H groups in total. The third-order valence-corrected chi connectivity index (χ3v) is 5.14. The zero-order chi connectivity index (χ0) is 17.3. The van der Waals surface area contributed by atoms with Crippen molar-refractivity contribution in [2.75, 3.05) is 19.7 Å². The summed E-state index contributed by atoms with van der Waals surface area (Å²) in [4.78, 5) is 14.5. The number of halogens is 1. The Morgan fingerprint density at radius 3 is 2.57 bits per heavy atom. The van der Waals surface area contributed by atoms with Crippen molar-refractivity contribution >= 4 is 29.5 Å². The maximum absolute atomic E-state index is 12.2. The average molecular weight is 360 g/mol. The highest BCUT2D eigenvalue weighted by molar-refractivity contribution is 8.00. The number of aliphatic hydroxyl groups is 2. The SMILES string of the molecule is CC(C)(C)OC(=O)N1C[C@H](Sc2ccc(Cl)cc2)[C@](O)(CO)C1. The number of hydrogen-bond donors (Lipinski definition) is 2. The summed E-state index contributed by atoms with van der Waals surface area (Å²) in [6.45, 7) is 5.30. The first kappa shape index (κ1) is 18.4. The Morgan fingerprint density at radius 1 is 1.43 bits per heavy atom. The van der Waals surface area contributed by atoms with Gasteiger partial charge in [-0.05, 0) is 45.0 Å². The average Bonchev–Trinajstić information content (AvgIpc) is 2.78. The number of thioether (sulfide) groups is 1. The topological polar surface area (TPSA) is 70.0 Å². The summed E-state index contributed by atoms with van der Waals surface area (Å²) in [6, 6.07) is 7.23. The number of nitrogens with zero attached hydrogens (tertiary/aromatic N) is 1. The summed E-state index contributed by atoms with van der Waals surface area (Å²) in [6.07, 6.45) is -0.483. The zero-order valence-corrected chi connectivity index (χ0v) is 15.0. The molecule has 1 aromatic carbocycles. The molecule has 23 heavy (non-hydrogen) atoms. The molecule has 1 amide bonds. The van der Waals surface area contributed by atoms with Crippen LogP contribution in [0.3, 0.4) is 0 Å². The van der Waals surface area contributed by atoms with Crippen molar-refractivity contribution in [1.29, 1.82) is 0 Å². The highest BCUT2D eigenvalue weighted by Gasteiger charge is 2.48. The van der Waals surface area contributed by atoms with Crippen LogP contribution < -0.4 is 0 Å². The largest absolute Gasteiger partial charge is 0.444 e. The Bertz CT molecular complexity index is 560. The lowest BCUT2D eigenvalue weighted by Crippen LogP contribution is -2.44. The van der Waals surface area contributed by atoms with E-state index in [0.717, 1.165) is 4.90 Å². The minimum absolute atomic E-state index is 0.0453. The fourth-order valence-electron chi connectivity index (χ4n) is 2.31. The van der Waals surface area contributed by atoms with Crippen LogP contribution in [-0.4, -0.2) is 57.4 Å². The van der Waals surface area contributed by atoms with Crippen molar-refractivity contribution in [2.24, 2.45) is 0 Å². The van der Waals surface area contributed by atoms with E-state index < -0.39 is 23.9 Å². The van der Waals surface area contributed by atoms with Gasteiger partial charge in [-0.3, -0.25) is 0 Å². The first-order valence-electron chi connectivity index (χ1n) is 7.36. The van der Waals surface area contributed by atoms with Crippen LogP contribution in [0.1, 0.15) is 20.8 Å². The highest BCUT2D eigenvalue weighted by atomic mass is 35.5. The Hall–Kier alpha value is -0.950. The third kappa shape index (κ3) is 4.76. The Balaban J connectivity index is 2.09. The van der Waals surface area contributed by atoms with Crippen molar-refractivity contribution in [3.05, 3.63) is 29.3 Å². The summed E-state index contributed by atoms with van der Waals surface area (Å²) in [5.74, 6) is 0. The summed E-state index contributed by atoms with van der Waals surface area (Å²) in [7, 11) is 0. The van der Waals surface area contributed by atoms with E-state index in [9.17, 15) is 15.0 Å². The van der Waals surface area contributed by atoms with E-state index in [1.54, 1.807) is 32.9 Å². The van der Waals surface area contributed by atoms with Gasteiger partial charge in [-0.1, -0.05) is 11.6 Å². The van der Waals surface area contributed by atoms with Gasteiger partial charge in [0, 0.05) is 16.5 Å². The van der Waals surface area contributed by atoms with Gasteiger partial charge < -0.3 is 19.8 Å². The van der Waals surface area contributed by atoms with Crippen molar-refractivity contribution in [1.82, 2.24) is 4.90 Å². The number of carbonyl (C=O) groups excluding carboxylic acids is 1. The smallest absolute Gasteiger partial charge is 0.410 e. The second-order valence-corrected chi connectivity index (χ2v) is 8.40. The zero-order valence-electron chi connectivity index (χ0n) is 13.5. The molecular formula is C16H22ClNO4S. The number of hydrogen-bond acceptors (Lipinski definition) is 5. The minimum Gasteiger partial charge on any atom is -0.444 e. The third-order valence-electron chi connectivity index (χ3n) is 3.47. The molecule has 1 aromatic rings. The second-order valence-electron chi connectivity index (χ2n) is 6.68. The molecule has 0 radical (unpaired) electrons. The van der Waals surface area contributed by atoms with E-state index in [2.05, 4.69) is 0 Å². The van der Waals surface area contributed by atoms with Crippen molar-refractivity contribution in [3.63, 3.8) is 0 Å². The van der Waals surface area contributed by atoms with Crippen LogP contribution in [0.2, 0.25) is 5.02 Å². The molecule has 2 rings (SSSR count). The first-order chi connectivity index (χ1) is 10.6. The predicted octanol–water partition coefficient (Wildman–Crippen LogP) is 2.77. The van der Waals surface area contributed by atoms with E-state index in [1.165, 1.54) is 16.7 Å². The molecule has 1 heterocycles.